The fourth-order valence-corrected chi connectivity index (χ4v) is 6.04. The van der Waals surface area contributed by atoms with E-state index in [1.54, 1.807) is 24.4 Å². The Kier molecular flexibility index (Phi) is 8.18. The minimum Gasteiger partial charge on any atom is -0.489 e. The summed E-state index contributed by atoms with van der Waals surface area (Å²) in [6.45, 7) is 6.47. The van der Waals surface area contributed by atoms with Gasteiger partial charge in [0.1, 0.15) is 28.0 Å². The molecule has 2 aromatic carbocycles. The monoisotopic (exact) mass is 579 g/mol. The Morgan fingerprint density at radius 1 is 1.07 bits per heavy atom. The number of nitrogens with zero attached hydrogens (tertiary/aromatic N) is 1. The Balaban J connectivity index is 1.29. The van der Waals surface area contributed by atoms with Crippen LogP contribution in [0.25, 0.3) is 16.7 Å². The molecule has 5 rings (SSSR count). The van der Waals surface area contributed by atoms with Crippen molar-refractivity contribution in [2.75, 3.05) is 25.2 Å². The number of aromatic nitrogens is 1. The van der Waals surface area contributed by atoms with Crippen LogP contribution in [0.1, 0.15) is 48.1 Å². The predicted octanol–water partition coefficient (Wildman–Crippen LogP) is 5.65. The highest BCUT2D eigenvalue weighted by molar-refractivity contribution is 7.90. The second kappa shape index (κ2) is 11.6. The number of fused-ring (bicyclic) bond motifs is 3. The SMILES string of the molecule is CCOC(=O)C1=C2c3cc(CC)c(OCc4cc(-c5cnc(OCCCS(C)(=O)=O)cc5C)ccc4F)cc3CC12. The first-order valence-corrected chi connectivity index (χ1v) is 15.9. The van der Waals surface area contributed by atoms with Crippen molar-refractivity contribution in [2.45, 2.75) is 46.6 Å². The molecule has 2 aliphatic carbocycles. The molecule has 0 saturated heterocycles. The van der Waals surface area contributed by atoms with Crippen molar-refractivity contribution in [2.24, 2.45) is 5.92 Å². The van der Waals surface area contributed by atoms with Gasteiger partial charge in [0.15, 0.2) is 0 Å². The standard InChI is InChI=1S/C32H34FNO6S/c1-5-20-14-24-22(15-25-30(24)31(25)32(35)38-6-2)16-28(20)40-18-23-13-21(8-9-27(23)33)26-17-34-29(12-19(26)3)39-10-7-11-41(4,36)37/h8-9,12-14,16-17,25H,5-7,10-11,15,18H2,1-4H3. The molecule has 9 heteroatoms. The number of benzene rings is 2. The first-order chi connectivity index (χ1) is 19.6. The molecule has 0 fully saturated rings. The van der Waals surface area contributed by atoms with Gasteiger partial charge < -0.3 is 14.2 Å². The van der Waals surface area contributed by atoms with Crippen LogP contribution in [0.3, 0.4) is 0 Å². The van der Waals surface area contributed by atoms with Crippen LogP contribution in [-0.4, -0.2) is 44.6 Å². The first kappa shape index (κ1) is 28.8. The van der Waals surface area contributed by atoms with Crippen LogP contribution in [0, 0.1) is 18.7 Å². The van der Waals surface area contributed by atoms with Crippen LogP contribution in [0.4, 0.5) is 4.39 Å². The summed E-state index contributed by atoms with van der Waals surface area (Å²) >= 11 is 0. The minimum absolute atomic E-state index is 0.0602. The number of allylic oxidation sites excluding steroid dienone is 1. The third kappa shape index (κ3) is 6.30. The average molecular weight is 580 g/mol. The maximum atomic E-state index is 14.8. The Morgan fingerprint density at radius 2 is 1.88 bits per heavy atom. The van der Waals surface area contributed by atoms with E-state index in [0.717, 1.165) is 63.1 Å². The van der Waals surface area contributed by atoms with Gasteiger partial charge in [0.2, 0.25) is 5.88 Å². The van der Waals surface area contributed by atoms with Gasteiger partial charge in [-0.3, -0.25) is 0 Å². The number of halogens is 1. The number of hydrogen-bond acceptors (Lipinski definition) is 7. The quantitative estimate of drug-likeness (QED) is 0.202. The average Bonchev–Trinajstić information content (AvgIpc) is 3.52. The summed E-state index contributed by atoms with van der Waals surface area (Å²) in [5, 5.41) is 0. The fourth-order valence-electron chi connectivity index (χ4n) is 5.40. The van der Waals surface area contributed by atoms with Gasteiger partial charge in [-0.15, -0.1) is 0 Å². The summed E-state index contributed by atoms with van der Waals surface area (Å²) in [6, 6.07) is 10.8. The number of rotatable bonds is 12. The van der Waals surface area contributed by atoms with E-state index in [0.29, 0.717) is 24.5 Å². The zero-order valence-corrected chi connectivity index (χ0v) is 24.6. The maximum absolute atomic E-state index is 14.8. The molecule has 1 aromatic heterocycles. The molecule has 0 spiro atoms. The van der Waals surface area contributed by atoms with E-state index in [2.05, 4.69) is 11.1 Å². The van der Waals surface area contributed by atoms with Crippen LogP contribution >= 0.6 is 0 Å². The molecule has 1 atom stereocenters. The van der Waals surface area contributed by atoms with Gasteiger partial charge in [-0.05, 0) is 90.8 Å². The molecule has 0 radical (unpaired) electrons. The highest BCUT2D eigenvalue weighted by Crippen LogP contribution is 2.56. The maximum Gasteiger partial charge on any atom is 0.334 e. The molecule has 1 heterocycles. The van der Waals surface area contributed by atoms with E-state index in [4.69, 9.17) is 14.2 Å². The number of carbonyl (C=O) groups excluding carboxylic acids is 1. The Labute approximate surface area is 240 Å². The highest BCUT2D eigenvalue weighted by Gasteiger charge is 2.48. The molecule has 0 bridgehead atoms. The molecule has 3 aromatic rings. The molecule has 7 nitrogen and oxygen atoms in total. The summed E-state index contributed by atoms with van der Waals surface area (Å²) in [5.74, 6) is 0.769. The lowest BCUT2D eigenvalue weighted by atomic mass is 10.00. The third-order valence-corrected chi connectivity index (χ3v) is 8.55. The van der Waals surface area contributed by atoms with Gasteiger partial charge >= 0.3 is 5.97 Å². The van der Waals surface area contributed by atoms with Crippen LogP contribution in [0.15, 0.2) is 48.2 Å². The smallest absolute Gasteiger partial charge is 0.334 e. The second-order valence-electron chi connectivity index (χ2n) is 10.5. The van der Waals surface area contributed by atoms with Gasteiger partial charge in [-0.2, -0.15) is 0 Å². The zero-order valence-electron chi connectivity index (χ0n) is 23.8. The van der Waals surface area contributed by atoms with Crippen molar-refractivity contribution in [3.05, 3.63) is 81.8 Å². The van der Waals surface area contributed by atoms with Crippen LogP contribution in [0.2, 0.25) is 0 Å². The molecular formula is C32H34FNO6S. The molecule has 0 aliphatic heterocycles. The third-order valence-electron chi connectivity index (χ3n) is 7.52. The zero-order chi connectivity index (χ0) is 29.3. The lowest BCUT2D eigenvalue weighted by Crippen LogP contribution is -2.08. The van der Waals surface area contributed by atoms with Gasteiger partial charge in [-0.25, -0.2) is 22.6 Å². The van der Waals surface area contributed by atoms with Crippen LogP contribution < -0.4 is 9.47 Å². The van der Waals surface area contributed by atoms with Crippen molar-refractivity contribution in [3.8, 4) is 22.8 Å². The highest BCUT2D eigenvalue weighted by atomic mass is 32.2. The van der Waals surface area contributed by atoms with Gasteiger partial charge in [0, 0.05) is 41.1 Å². The van der Waals surface area contributed by atoms with Crippen molar-refractivity contribution in [3.63, 3.8) is 0 Å². The van der Waals surface area contributed by atoms with E-state index in [1.807, 2.05) is 26.8 Å². The van der Waals surface area contributed by atoms with E-state index < -0.39 is 9.84 Å². The Morgan fingerprint density at radius 3 is 2.59 bits per heavy atom. The van der Waals surface area contributed by atoms with Crippen LogP contribution in [0.5, 0.6) is 11.6 Å². The summed E-state index contributed by atoms with van der Waals surface area (Å²) in [4.78, 5) is 16.6. The second-order valence-corrected chi connectivity index (χ2v) is 12.8. The number of pyridine rings is 1. The molecule has 0 N–H and O–H groups in total. The van der Waals surface area contributed by atoms with E-state index in [-0.39, 0.29) is 36.7 Å². The van der Waals surface area contributed by atoms with E-state index in [9.17, 15) is 17.6 Å². The summed E-state index contributed by atoms with van der Waals surface area (Å²) in [6.07, 6.45) is 4.77. The van der Waals surface area contributed by atoms with Gasteiger partial charge in [0.05, 0.1) is 19.0 Å². The molecule has 0 saturated carbocycles. The van der Waals surface area contributed by atoms with Crippen LogP contribution in [-0.2, 0) is 38.8 Å². The largest absolute Gasteiger partial charge is 0.489 e. The Bertz CT molecular complexity index is 1650. The lowest BCUT2D eigenvalue weighted by Gasteiger charge is -2.15. The summed E-state index contributed by atoms with van der Waals surface area (Å²) < 4.78 is 54.4. The van der Waals surface area contributed by atoms with Crippen molar-refractivity contribution < 1.29 is 31.8 Å². The minimum atomic E-state index is -3.03. The van der Waals surface area contributed by atoms with E-state index in [1.165, 1.54) is 12.3 Å². The number of hydrogen-bond donors (Lipinski definition) is 0. The molecule has 1 unspecified atom stereocenters. The Hall–Kier alpha value is -3.72. The normalized spacial score (nSPS) is 15.4. The molecule has 2 aliphatic rings. The lowest BCUT2D eigenvalue weighted by molar-refractivity contribution is -0.138. The van der Waals surface area contributed by atoms with E-state index >= 15 is 0 Å². The molecule has 41 heavy (non-hydrogen) atoms. The number of ether oxygens (including phenoxy) is 3. The number of aryl methyl sites for hydroxylation is 2. The topological polar surface area (TPSA) is 91.8 Å². The molecular weight excluding hydrogens is 545 g/mol. The predicted molar refractivity (Wildman–Crippen MR) is 155 cm³/mol. The van der Waals surface area contributed by atoms with Gasteiger partial charge in [-0.1, -0.05) is 13.0 Å². The molecule has 216 valence electrons. The number of carbonyl (C=O) groups is 1. The summed E-state index contributed by atoms with van der Waals surface area (Å²) in [5.41, 5.74) is 8.11. The number of sulfone groups is 1. The summed E-state index contributed by atoms with van der Waals surface area (Å²) in [7, 11) is -3.03. The van der Waals surface area contributed by atoms with Gasteiger partial charge in [0.25, 0.3) is 0 Å². The number of esters is 1. The van der Waals surface area contributed by atoms with Crippen molar-refractivity contribution in [1.82, 2.24) is 4.98 Å². The fraction of sp³-hybridized carbons (Fsp3) is 0.375. The van der Waals surface area contributed by atoms with Crippen molar-refractivity contribution in [1.29, 1.82) is 0 Å². The molecule has 0 amide bonds. The first-order valence-electron chi connectivity index (χ1n) is 13.9. The van der Waals surface area contributed by atoms with Crippen molar-refractivity contribution >= 4 is 21.4 Å².